The van der Waals surface area contributed by atoms with E-state index in [2.05, 4.69) is 0 Å². The Bertz CT molecular complexity index is 850. The summed E-state index contributed by atoms with van der Waals surface area (Å²) in [6, 6.07) is 8.56. The van der Waals surface area contributed by atoms with Crippen LogP contribution in [-0.4, -0.2) is 17.7 Å². The summed E-state index contributed by atoms with van der Waals surface area (Å²) in [6.07, 6.45) is -15.8. The smallest absolute Gasteiger partial charge is 0.209 e. The minimum absolute atomic E-state index is 0.188. The summed E-state index contributed by atoms with van der Waals surface area (Å²) in [5, 5.41) is 0. The molecule has 152 valence electrons. The van der Waals surface area contributed by atoms with Gasteiger partial charge >= 0.3 is 18.7 Å². The van der Waals surface area contributed by atoms with Crippen LogP contribution in [0, 0.1) is 0 Å². The van der Waals surface area contributed by atoms with Gasteiger partial charge in [0.1, 0.15) is 0 Å². The molecule has 28 heavy (non-hydrogen) atoms. The van der Waals surface area contributed by atoms with E-state index in [0.717, 1.165) is 6.07 Å². The van der Waals surface area contributed by atoms with Crippen LogP contribution in [0.3, 0.4) is 0 Å². The standard InChI is InChI=1S/C18H12F9N/c19-16(20,21)14-7-6-11-12(10-4-2-1-3-5-10)8-28(18(25,26)27)9-13(11)15(14)17(22,23)24/h1-7,12H,8-9H2. The molecule has 0 N–H and O–H groups in total. The largest absolute Gasteiger partial charge is 0.460 e. The molecule has 1 aliphatic rings. The molecule has 0 aromatic heterocycles. The highest BCUT2D eigenvalue weighted by molar-refractivity contribution is 5.50. The Kier molecular flexibility index (Phi) is 4.89. The third kappa shape index (κ3) is 3.82. The van der Waals surface area contributed by atoms with Crippen LogP contribution in [-0.2, 0) is 18.9 Å². The Hall–Kier alpha value is -2.23. The van der Waals surface area contributed by atoms with Gasteiger partial charge in [-0.1, -0.05) is 36.4 Å². The van der Waals surface area contributed by atoms with Crippen molar-refractivity contribution in [2.24, 2.45) is 0 Å². The van der Waals surface area contributed by atoms with Crippen LogP contribution in [0.15, 0.2) is 42.5 Å². The third-order valence-corrected chi connectivity index (χ3v) is 4.63. The van der Waals surface area contributed by atoms with Crippen molar-refractivity contribution in [3.63, 3.8) is 0 Å². The first-order chi connectivity index (χ1) is 12.8. The molecule has 2 aromatic rings. The van der Waals surface area contributed by atoms with Gasteiger partial charge in [-0.25, -0.2) is 4.90 Å². The van der Waals surface area contributed by atoms with Gasteiger partial charge in [0.2, 0.25) is 0 Å². The van der Waals surface area contributed by atoms with Gasteiger partial charge in [-0.2, -0.15) is 39.5 Å². The molecule has 1 heterocycles. The lowest BCUT2D eigenvalue weighted by Gasteiger charge is -2.37. The van der Waals surface area contributed by atoms with Crippen LogP contribution in [0.5, 0.6) is 0 Å². The molecule has 1 atom stereocenters. The van der Waals surface area contributed by atoms with Crippen LogP contribution >= 0.6 is 0 Å². The monoisotopic (exact) mass is 413 g/mol. The molecule has 0 aliphatic carbocycles. The van der Waals surface area contributed by atoms with Crippen molar-refractivity contribution >= 4 is 0 Å². The zero-order chi connectivity index (χ0) is 20.9. The average molecular weight is 413 g/mol. The number of hydrogen-bond acceptors (Lipinski definition) is 1. The maximum absolute atomic E-state index is 13.5. The quantitative estimate of drug-likeness (QED) is 0.398. The predicted octanol–water partition coefficient (Wildman–Crippen LogP) is 6.19. The summed E-state index contributed by atoms with van der Waals surface area (Å²) in [5.74, 6) is -1.16. The Balaban J connectivity index is 2.29. The van der Waals surface area contributed by atoms with Crippen LogP contribution in [0.1, 0.15) is 33.7 Å². The first-order valence-electron chi connectivity index (χ1n) is 7.97. The summed E-state index contributed by atoms with van der Waals surface area (Å²) in [7, 11) is 0. The summed E-state index contributed by atoms with van der Waals surface area (Å²) >= 11 is 0. The first kappa shape index (κ1) is 20.5. The Morgan fingerprint density at radius 2 is 1.36 bits per heavy atom. The minimum atomic E-state index is -5.47. The normalized spacial score (nSPS) is 18.8. The van der Waals surface area contributed by atoms with Crippen molar-refractivity contribution in [2.75, 3.05) is 6.54 Å². The van der Waals surface area contributed by atoms with Gasteiger partial charge < -0.3 is 0 Å². The van der Waals surface area contributed by atoms with E-state index in [-0.39, 0.29) is 16.0 Å². The molecular weight excluding hydrogens is 401 g/mol. The Labute approximate surface area is 153 Å². The van der Waals surface area contributed by atoms with Gasteiger partial charge in [0.15, 0.2) is 0 Å². The lowest BCUT2D eigenvalue weighted by atomic mass is 9.81. The van der Waals surface area contributed by atoms with Gasteiger partial charge in [0, 0.05) is 19.0 Å². The van der Waals surface area contributed by atoms with Crippen LogP contribution in [0.4, 0.5) is 39.5 Å². The third-order valence-electron chi connectivity index (χ3n) is 4.63. The molecule has 0 fully saturated rings. The molecule has 1 nitrogen and oxygen atoms in total. The minimum Gasteiger partial charge on any atom is -0.209 e. The number of alkyl halides is 9. The van der Waals surface area contributed by atoms with Crippen molar-refractivity contribution in [3.05, 3.63) is 70.3 Å². The van der Waals surface area contributed by atoms with E-state index in [0.29, 0.717) is 6.07 Å². The van der Waals surface area contributed by atoms with E-state index < -0.39 is 54.4 Å². The van der Waals surface area contributed by atoms with Crippen molar-refractivity contribution in [3.8, 4) is 0 Å². The molecule has 2 aromatic carbocycles. The van der Waals surface area contributed by atoms with Gasteiger partial charge in [0.25, 0.3) is 0 Å². The Morgan fingerprint density at radius 1 is 0.750 bits per heavy atom. The lowest BCUT2D eigenvalue weighted by molar-refractivity contribution is -0.252. The van der Waals surface area contributed by atoms with Crippen LogP contribution in [0.25, 0.3) is 0 Å². The van der Waals surface area contributed by atoms with Gasteiger partial charge in [-0.05, 0) is 22.8 Å². The number of rotatable bonds is 1. The lowest BCUT2D eigenvalue weighted by Crippen LogP contribution is -2.44. The number of benzene rings is 2. The average Bonchev–Trinajstić information content (AvgIpc) is 2.58. The number of nitrogens with zero attached hydrogens (tertiary/aromatic N) is 1. The van der Waals surface area contributed by atoms with Gasteiger partial charge in [-0.3, -0.25) is 0 Å². The second-order valence-electron chi connectivity index (χ2n) is 6.36. The fourth-order valence-corrected chi connectivity index (χ4v) is 3.46. The van der Waals surface area contributed by atoms with E-state index in [1.165, 1.54) is 24.3 Å². The zero-order valence-corrected chi connectivity index (χ0v) is 13.9. The maximum atomic E-state index is 13.5. The van der Waals surface area contributed by atoms with E-state index in [9.17, 15) is 39.5 Å². The molecular formula is C18H12F9N. The predicted molar refractivity (Wildman–Crippen MR) is 81.2 cm³/mol. The SMILES string of the molecule is FC(F)(F)c1ccc2c(c1C(F)(F)F)CN(C(F)(F)F)CC2c1ccccc1. The van der Waals surface area contributed by atoms with E-state index in [4.69, 9.17) is 0 Å². The highest BCUT2D eigenvalue weighted by atomic mass is 19.4. The molecule has 0 radical (unpaired) electrons. The summed E-state index contributed by atoms with van der Waals surface area (Å²) < 4.78 is 120. The zero-order valence-electron chi connectivity index (χ0n) is 13.9. The molecule has 0 bridgehead atoms. The molecule has 1 aliphatic heterocycles. The summed E-state index contributed by atoms with van der Waals surface area (Å²) in [6.45, 7) is -2.00. The van der Waals surface area contributed by atoms with Gasteiger partial charge in [-0.15, -0.1) is 0 Å². The van der Waals surface area contributed by atoms with E-state index >= 15 is 0 Å². The highest BCUT2D eigenvalue weighted by Gasteiger charge is 2.49. The molecule has 0 spiro atoms. The first-order valence-corrected chi connectivity index (χ1v) is 7.97. The number of fused-ring (bicyclic) bond motifs is 1. The number of halogens is 9. The molecule has 0 saturated heterocycles. The fourth-order valence-electron chi connectivity index (χ4n) is 3.46. The topological polar surface area (TPSA) is 3.24 Å². The highest BCUT2D eigenvalue weighted by Crippen LogP contribution is 2.47. The molecule has 3 rings (SSSR count). The maximum Gasteiger partial charge on any atom is 0.460 e. The van der Waals surface area contributed by atoms with E-state index in [1.807, 2.05) is 0 Å². The summed E-state index contributed by atoms with van der Waals surface area (Å²) in [4.78, 5) is -0.192. The van der Waals surface area contributed by atoms with E-state index in [1.54, 1.807) is 6.07 Å². The molecule has 0 saturated carbocycles. The van der Waals surface area contributed by atoms with Crippen molar-refractivity contribution < 1.29 is 39.5 Å². The summed E-state index contributed by atoms with van der Waals surface area (Å²) in [5.41, 5.74) is -4.96. The second kappa shape index (κ2) is 6.68. The van der Waals surface area contributed by atoms with Crippen LogP contribution < -0.4 is 0 Å². The molecule has 1 unspecified atom stereocenters. The second-order valence-corrected chi connectivity index (χ2v) is 6.36. The van der Waals surface area contributed by atoms with Crippen LogP contribution in [0.2, 0.25) is 0 Å². The van der Waals surface area contributed by atoms with Gasteiger partial charge in [0.05, 0.1) is 11.1 Å². The molecule has 10 heteroatoms. The van der Waals surface area contributed by atoms with Crippen molar-refractivity contribution in [2.45, 2.75) is 31.1 Å². The molecule has 0 amide bonds. The van der Waals surface area contributed by atoms with Crippen molar-refractivity contribution in [1.29, 1.82) is 0 Å². The fraction of sp³-hybridized carbons (Fsp3) is 0.333. The van der Waals surface area contributed by atoms with Crippen molar-refractivity contribution in [1.82, 2.24) is 4.90 Å². The number of hydrogen-bond donors (Lipinski definition) is 0. The Morgan fingerprint density at radius 3 is 1.86 bits per heavy atom.